The fourth-order valence-electron chi connectivity index (χ4n) is 1.87. The van der Waals surface area contributed by atoms with E-state index in [9.17, 15) is 9.90 Å². The van der Waals surface area contributed by atoms with Crippen LogP contribution in [0.4, 0.5) is 5.69 Å². The van der Waals surface area contributed by atoms with E-state index in [0.29, 0.717) is 6.54 Å². The van der Waals surface area contributed by atoms with Gasteiger partial charge in [-0.3, -0.25) is 4.79 Å². The number of anilines is 1. The first-order valence-corrected chi connectivity index (χ1v) is 6.09. The molecule has 0 saturated carbocycles. The van der Waals surface area contributed by atoms with Gasteiger partial charge in [-0.1, -0.05) is 32.0 Å². The Morgan fingerprint density at radius 1 is 1.29 bits per heavy atom. The van der Waals surface area contributed by atoms with E-state index in [4.69, 9.17) is 0 Å². The summed E-state index contributed by atoms with van der Waals surface area (Å²) in [6.45, 7) is 7.34. The Morgan fingerprint density at radius 2 is 1.88 bits per heavy atom. The lowest BCUT2D eigenvalue weighted by molar-refractivity contribution is -0.142. The number of para-hydroxylation sites is 1. The van der Waals surface area contributed by atoms with Crippen LogP contribution in [0.1, 0.15) is 20.8 Å². The van der Waals surface area contributed by atoms with Gasteiger partial charge in [0.25, 0.3) is 0 Å². The second kappa shape index (κ2) is 6.28. The van der Waals surface area contributed by atoms with Gasteiger partial charge in [0, 0.05) is 18.8 Å². The summed E-state index contributed by atoms with van der Waals surface area (Å²) < 4.78 is 0. The van der Waals surface area contributed by atoms with Gasteiger partial charge in [-0.2, -0.15) is 0 Å². The highest BCUT2D eigenvalue weighted by Gasteiger charge is 2.23. The van der Waals surface area contributed by atoms with Gasteiger partial charge in [0.15, 0.2) is 0 Å². The van der Waals surface area contributed by atoms with Crippen molar-refractivity contribution < 1.29 is 9.90 Å². The van der Waals surface area contributed by atoms with E-state index in [2.05, 4.69) is 4.90 Å². The molecule has 0 aromatic heterocycles. The highest BCUT2D eigenvalue weighted by Crippen LogP contribution is 2.19. The molecular formula is C14H21NO2. The Balaban J connectivity index is 2.79. The highest BCUT2D eigenvalue weighted by atomic mass is 16.4. The van der Waals surface area contributed by atoms with Crippen LogP contribution in [-0.4, -0.2) is 24.2 Å². The number of carboxylic acids is 1. The molecule has 0 heterocycles. The van der Waals surface area contributed by atoms with E-state index < -0.39 is 5.97 Å². The zero-order chi connectivity index (χ0) is 12.8. The third kappa shape index (κ3) is 3.77. The average molecular weight is 235 g/mol. The molecule has 3 nitrogen and oxygen atoms in total. The molecule has 94 valence electrons. The Kier molecular flexibility index (Phi) is 5.01. The average Bonchev–Trinajstić information content (AvgIpc) is 2.30. The van der Waals surface area contributed by atoms with E-state index >= 15 is 0 Å². The Morgan fingerprint density at radius 3 is 2.29 bits per heavy atom. The Hall–Kier alpha value is -1.51. The van der Waals surface area contributed by atoms with E-state index in [1.807, 2.05) is 51.1 Å². The summed E-state index contributed by atoms with van der Waals surface area (Å²) in [7, 11) is 0. The lowest BCUT2D eigenvalue weighted by Crippen LogP contribution is -2.35. The summed E-state index contributed by atoms with van der Waals surface area (Å²) in [5.74, 6) is -0.894. The van der Waals surface area contributed by atoms with Gasteiger partial charge in [0.2, 0.25) is 0 Å². The fraction of sp³-hybridized carbons (Fsp3) is 0.500. The third-order valence-electron chi connectivity index (χ3n) is 3.04. The number of hydrogen-bond acceptors (Lipinski definition) is 2. The Labute approximate surface area is 103 Å². The van der Waals surface area contributed by atoms with Crippen molar-refractivity contribution in [2.75, 3.05) is 18.0 Å². The van der Waals surface area contributed by atoms with Crippen LogP contribution in [0.2, 0.25) is 0 Å². The third-order valence-corrected chi connectivity index (χ3v) is 3.04. The van der Waals surface area contributed by atoms with Crippen LogP contribution in [-0.2, 0) is 4.79 Å². The summed E-state index contributed by atoms with van der Waals surface area (Å²) in [5, 5.41) is 9.21. The summed E-state index contributed by atoms with van der Waals surface area (Å²) in [6, 6.07) is 9.95. The fourth-order valence-corrected chi connectivity index (χ4v) is 1.87. The molecule has 1 rings (SSSR count). The minimum absolute atomic E-state index is 0.144. The van der Waals surface area contributed by atoms with Crippen molar-refractivity contribution in [3.05, 3.63) is 30.3 Å². The van der Waals surface area contributed by atoms with Crippen molar-refractivity contribution >= 4 is 11.7 Å². The van der Waals surface area contributed by atoms with Crippen LogP contribution in [0.3, 0.4) is 0 Å². The van der Waals surface area contributed by atoms with Gasteiger partial charge in [0.05, 0.1) is 5.92 Å². The SMILES string of the molecule is CCN(CC(C(=O)O)C(C)C)c1ccccc1. The first-order chi connectivity index (χ1) is 8.06. The molecular weight excluding hydrogens is 214 g/mol. The molecule has 0 aliphatic rings. The second-order valence-corrected chi connectivity index (χ2v) is 4.56. The van der Waals surface area contributed by atoms with Gasteiger partial charge >= 0.3 is 5.97 Å². The van der Waals surface area contributed by atoms with Crippen LogP contribution >= 0.6 is 0 Å². The molecule has 1 aromatic rings. The van der Waals surface area contributed by atoms with Crippen molar-refractivity contribution in [2.24, 2.45) is 11.8 Å². The second-order valence-electron chi connectivity index (χ2n) is 4.56. The molecule has 0 bridgehead atoms. The van der Waals surface area contributed by atoms with Crippen LogP contribution < -0.4 is 4.90 Å². The molecule has 0 saturated heterocycles. The van der Waals surface area contributed by atoms with Crippen LogP contribution in [0, 0.1) is 11.8 Å². The number of nitrogens with zero attached hydrogens (tertiary/aromatic N) is 1. The summed E-state index contributed by atoms with van der Waals surface area (Å²) in [6.07, 6.45) is 0. The molecule has 1 unspecified atom stereocenters. The van der Waals surface area contributed by atoms with Gasteiger partial charge in [0.1, 0.15) is 0 Å². The van der Waals surface area contributed by atoms with Crippen molar-refractivity contribution in [1.82, 2.24) is 0 Å². The van der Waals surface area contributed by atoms with E-state index in [1.165, 1.54) is 0 Å². The topological polar surface area (TPSA) is 40.5 Å². The molecule has 0 spiro atoms. The minimum Gasteiger partial charge on any atom is -0.481 e. The molecule has 3 heteroatoms. The van der Waals surface area contributed by atoms with Crippen LogP contribution in [0.15, 0.2) is 30.3 Å². The van der Waals surface area contributed by atoms with E-state index in [-0.39, 0.29) is 11.8 Å². The molecule has 0 amide bonds. The largest absolute Gasteiger partial charge is 0.481 e. The zero-order valence-corrected chi connectivity index (χ0v) is 10.8. The maximum Gasteiger partial charge on any atom is 0.308 e. The van der Waals surface area contributed by atoms with Crippen LogP contribution in [0.25, 0.3) is 0 Å². The molecule has 0 aliphatic carbocycles. The smallest absolute Gasteiger partial charge is 0.308 e. The van der Waals surface area contributed by atoms with Crippen molar-refractivity contribution in [3.63, 3.8) is 0 Å². The molecule has 1 atom stereocenters. The maximum absolute atomic E-state index is 11.2. The standard InChI is InChI=1S/C14H21NO2/c1-4-15(12-8-6-5-7-9-12)10-13(11(2)3)14(16)17/h5-9,11,13H,4,10H2,1-3H3,(H,16,17). The van der Waals surface area contributed by atoms with Crippen molar-refractivity contribution in [3.8, 4) is 0 Å². The number of benzene rings is 1. The van der Waals surface area contributed by atoms with Crippen molar-refractivity contribution in [2.45, 2.75) is 20.8 Å². The first-order valence-electron chi connectivity index (χ1n) is 6.09. The number of hydrogen-bond donors (Lipinski definition) is 1. The van der Waals surface area contributed by atoms with Crippen molar-refractivity contribution in [1.29, 1.82) is 0 Å². The quantitative estimate of drug-likeness (QED) is 0.824. The monoisotopic (exact) mass is 235 g/mol. The number of carboxylic acid groups (broad SMARTS) is 1. The predicted molar refractivity (Wildman–Crippen MR) is 70.3 cm³/mol. The molecule has 17 heavy (non-hydrogen) atoms. The number of aliphatic carboxylic acids is 1. The number of rotatable bonds is 6. The zero-order valence-electron chi connectivity index (χ0n) is 10.8. The van der Waals surface area contributed by atoms with Gasteiger partial charge in [-0.25, -0.2) is 0 Å². The number of carbonyl (C=O) groups is 1. The normalized spacial score (nSPS) is 12.5. The molecule has 0 radical (unpaired) electrons. The maximum atomic E-state index is 11.2. The van der Waals surface area contributed by atoms with Crippen LogP contribution in [0.5, 0.6) is 0 Å². The molecule has 0 aliphatic heterocycles. The van der Waals surface area contributed by atoms with Gasteiger partial charge < -0.3 is 10.0 Å². The lowest BCUT2D eigenvalue weighted by atomic mass is 9.95. The highest BCUT2D eigenvalue weighted by molar-refractivity contribution is 5.71. The summed E-state index contributed by atoms with van der Waals surface area (Å²) >= 11 is 0. The van der Waals surface area contributed by atoms with Gasteiger partial charge in [-0.05, 0) is 25.0 Å². The molecule has 0 fully saturated rings. The van der Waals surface area contributed by atoms with E-state index in [0.717, 1.165) is 12.2 Å². The van der Waals surface area contributed by atoms with E-state index in [1.54, 1.807) is 0 Å². The minimum atomic E-state index is -0.714. The predicted octanol–water partition coefficient (Wildman–Crippen LogP) is 2.87. The summed E-state index contributed by atoms with van der Waals surface area (Å²) in [4.78, 5) is 13.3. The first kappa shape index (κ1) is 13.6. The molecule has 1 N–H and O–H groups in total. The Bertz CT molecular complexity index is 348. The molecule has 1 aromatic carbocycles. The van der Waals surface area contributed by atoms with Gasteiger partial charge in [-0.15, -0.1) is 0 Å². The summed E-state index contributed by atoms with van der Waals surface area (Å²) in [5.41, 5.74) is 1.09. The lowest BCUT2D eigenvalue weighted by Gasteiger charge is -2.28.